The van der Waals surface area contributed by atoms with Crippen molar-refractivity contribution in [2.45, 2.75) is 79.0 Å². The molecule has 0 bridgehead atoms. The zero-order valence-corrected chi connectivity index (χ0v) is 19.4. The molecule has 1 aromatic rings. The molecule has 2 heterocycles. The molecule has 0 spiro atoms. The lowest BCUT2D eigenvalue weighted by atomic mass is 10.1. The summed E-state index contributed by atoms with van der Waals surface area (Å²) in [6, 6.07) is 0.472. The molecule has 166 valence electrons. The first-order valence-corrected chi connectivity index (χ1v) is 11.4. The van der Waals surface area contributed by atoms with Crippen LogP contribution in [0.5, 0.6) is 0 Å². The van der Waals surface area contributed by atoms with Crippen LogP contribution in [-0.4, -0.2) is 65.6 Å². The van der Waals surface area contributed by atoms with Crippen molar-refractivity contribution in [2.75, 3.05) is 32.8 Å². The lowest BCUT2D eigenvalue weighted by Crippen LogP contribution is -2.49. The van der Waals surface area contributed by atoms with Gasteiger partial charge in [-0.05, 0) is 46.5 Å². The Balaban J connectivity index is 1.91. The normalized spacial score (nSPS) is 16.6. The first-order valence-electron chi connectivity index (χ1n) is 11.4. The summed E-state index contributed by atoms with van der Waals surface area (Å²) in [5, 5.41) is 11.7. The number of aliphatic imine (C=N–C) groups is 1. The van der Waals surface area contributed by atoms with Crippen molar-refractivity contribution in [1.29, 1.82) is 0 Å². The number of aryl methyl sites for hydroxylation is 2. The molecule has 29 heavy (non-hydrogen) atoms. The summed E-state index contributed by atoms with van der Waals surface area (Å²) in [6.45, 7) is 16.3. The second-order valence-electron chi connectivity index (χ2n) is 8.08. The minimum Gasteiger partial charge on any atom is -0.377 e. The Morgan fingerprint density at radius 3 is 2.52 bits per heavy atom. The topological polar surface area (TPSA) is 66.7 Å². The number of ether oxygens (including phenoxy) is 1. The van der Waals surface area contributed by atoms with Crippen molar-refractivity contribution in [3.63, 3.8) is 0 Å². The Bertz CT molecular complexity index is 631. The van der Waals surface area contributed by atoms with Gasteiger partial charge in [-0.1, -0.05) is 13.8 Å². The number of aromatic nitrogens is 2. The molecule has 1 aromatic heterocycles. The number of rotatable bonds is 10. The SMILES string of the molecule is CCNC(=NCc1c(CC)nn(C)c1CC)NC1CCN(CCOC(C)C)CC1. The van der Waals surface area contributed by atoms with E-state index in [0.717, 1.165) is 64.4 Å². The third kappa shape index (κ3) is 7.30. The molecule has 1 aliphatic heterocycles. The molecule has 2 N–H and O–H groups in total. The van der Waals surface area contributed by atoms with Crippen molar-refractivity contribution in [3.05, 3.63) is 17.0 Å². The average molecular weight is 407 g/mol. The van der Waals surface area contributed by atoms with E-state index in [-0.39, 0.29) is 0 Å². The number of piperidine rings is 1. The molecular formula is C22H42N6O. The highest BCUT2D eigenvalue weighted by Gasteiger charge is 2.20. The van der Waals surface area contributed by atoms with Gasteiger partial charge in [0, 0.05) is 50.5 Å². The van der Waals surface area contributed by atoms with Gasteiger partial charge < -0.3 is 20.3 Å². The Labute approximate surface area is 177 Å². The van der Waals surface area contributed by atoms with Crippen molar-refractivity contribution in [1.82, 2.24) is 25.3 Å². The molecule has 1 fully saturated rings. The molecule has 0 unspecified atom stereocenters. The highest BCUT2D eigenvalue weighted by molar-refractivity contribution is 5.80. The van der Waals surface area contributed by atoms with Gasteiger partial charge >= 0.3 is 0 Å². The molecule has 7 nitrogen and oxygen atoms in total. The summed E-state index contributed by atoms with van der Waals surface area (Å²) < 4.78 is 7.70. The highest BCUT2D eigenvalue weighted by Crippen LogP contribution is 2.17. The largest absolute Gasteiger partial charge is 0.377 e. The van der Waals surface area contributed by atoms with E-state index >= 15 is 0 Å². The lowest BCUT2D eigenvalue weighted by molar-refractivity contribution is 0.0532. The van der Waals surface area contributed by atoms with Crippen LogP contribution in [0.1, 0.15) is 64.4 Å². The molecular weight excluding hydrogens is 364 g/mol. The summed E-state index contributed by atoms with van der Waals surface area (Å²) in [6.07, 6.45) is 4.52. The van der Waals surface area contributed by atoms with Gasteiger partial charge in [0.05, 0.1) is 24.9 Å². The number of likely N-dealkylation sites (tertiary alicyclic amines) is 1. The quantitative estimate of drug-likeness (QED) is 0.462. The van der Waals surface area contributed by atoms with Crippen LogP contribution >= 0.6 is 0 Å². The van der Waals surface area contributed by atoms with Crippen LogP contribution in [0.4, 0.5) is 0 Å². The van der Waals surface area contributed by atoms with E-state index in [1.54, 1.807) is 0 Å². The summed E-state index contributed by atoms with van der Waals surface area (Å²) >= 11 is 0. The molecule has 1 aliphatic rings. The third-order valence-corrected chi connectivity index (χ3v) is 5.55. The van der Waals surface area contributed by atoms with Crippen LogP contribution in [0.2, 0.25) is 0 Å². The van der Waals surface area contributed by atoms with Gasteiger partial charge in [-0.25, -0.2) is 4.99 Å². The van der Waals surface area contributed by atoms with E-state index in [1.807, 2.05) is 11.7 Å². The maximum Gasteiger partial charge on any atom is 0.191 e. The molecule has 0 aromatic carbocycles. The predicted molar refractivity (Wildman–Crippen MR) is 120 cm³/mol. The monoisotopic (exact) mass is 406 g/mol. The van der Waals surface area contributed by atoms with E-state index < -0.39 is 0 Å². The van der Waals surface area contributed by atoms with Crippen LogP contribution in [0, 0.1) is 0 Å². The van der Waals surface area contributed by atoms with Crippen LogP contribution in [-0.2, 0) is 31.2 Å². The highest BCUT2D eigenvalue weighted by atomic mass is 16.5. The fourth-order valence-corrected chi connectivity index (χ4v) is 3.96. The molecule has 2 rings (SSSR count). The number of guanidine groups is 1. The van der Waals surface area contributed by atoms with Gasteiger partial charge in [-0.2, -0.15) is 5.10 Å². The minimum atomic E-state index is 0.314. The van der Waals surface area contributed by atoms with Crippen LogP contribution in [0.25, 0.3) is 0 Å². The molecule has 0 atom stereocenters. The maximum atomic E-state index is 5.69. The van der Waals surface area contributed by atoms with Gasteiger partial charge in [-0.3, -0.25) is 4.68 Å². The average Bonchev–Trinajstić information content (AvgIpc) is 3.01. The second-order valence-corrected chi connectivity index (χ2v) is 8.08. The van der Waals surface area contributed by atoms with Gasteiger partial charge in [0.2, 0.25) is 0 Å². The first kappa shape index (κ1) is 23.7. The lowest BCUT2D eigenvalue weighted by Gasteiger charge is -2.33. The fraction of sp³-hybridized carbons (Fsp3) is 0.818. The van der Waals surface area contributed by atoms with Crippen LogP contribution in [0.3, 0.4) is 0 Å². The third-order valence-electron chi connectivity index (χ3n) is 5.55. The van der Waals surface area contributed by atoms with E-state index in [0.29, 0.717) is 18.7 Å². The summed E-state index contributed by atoms with van der Waals surface area (Å²) in [4.78, 5) is 7.41. The van der Waals surface area contributed by atoms with Crippen LogP contribution in [0.15, 0.2) is 4.99 Å². The second kappa shape index (κ2) is 12.2. The molecule has 0 aliphatic carbocycles. The molecule has 1 saturated heterocycles. The van der Waals surface area contributed by atoms with Gasteiger partial charge in [0.15, 0.2) is 5.96 Å². The van der Waals surface area contributed by atoms with E-state index in [1.165, 1.54) is 17.0 Å². The number of hydrogen-bond acceptors (Lipinski definition) is 4. The standard InChI is InChI=1S/C22H42N6O/c1-7-20-19(21(8-2)27(6)26-20)16-24-22(23-9-3)25-18-10-12-28(13-11-18)14-15-29-17(4)5/h17-18H,7-16H2,1-6H3,(H2,23,24,25). The smallest absolute Gasteiger partial charge is 0.191 e. The van der Waals surface area contributed by atoms with E-state index in [4.69, 9.17) is 9.73 Å². The Morgan fingerprint density at radius 1 is 1.21 bits per heavy atom. The van der Waals surface area contributed by atoms with Crippen molar-refractivity contribution in [3.8, 4) is 0 Å². The molecule has 0 saturated carbocycles. The molecule has 0 amide bonds. The molecule has 0 radical (unpaired) electrons. The van der Waals surface area contributed by atoms with Crippen molar-refractivity contribution >= 4 is 5.96 Å². The maximum absolute atomic E-state index is 5.69. The Hall–Kier alpha value is -1.60. The van der Waals surface area contributed by atoms with Gasteiger partial charge in [0.25, 0.3) is 0 Å². The number of nitrogens with one attached hydrogen (secondary N) is 2. The van der Waals surface area contributed by atoms with Crippen molar-refractivity contribution in [2.24, 2.45) is 12.0 Å². The van der Waals surface area contributed by atoms with Crippen LogP contribution < -0.4 is 10.6 Å². The predicted octanol–water partition coefficient (Wildman–Crippen LogP) is 2.49. The van der Waals surface area contributed by atoms with Gasteiger partial charge in [-0.15, -0.1) is 0 Å². The molecule has 7 heteroatoms. The minimum absolute atomic E-state index is 0.314. The van der Waals surface area contributed by atoms with Crippen molar-refractivity contribution < 1.29 is 4.74 Å². The Morgan fingerprint density at radius 2 is 1.93 bits per heavy atom. The summed E-state index contributed by atoms with van der Waals surface area (Å²) in [5.74, 6) is 0.919. The Kier molecular flexibility index (Phi) is 9.94. The van der Waals surface area contributed by atoms with E-state index in [2.05, 4.69) is 55.3 Å². The zero-order valence-electron chi connectivity index (χ0n) is 19.4. The summed E-state index contributed by atoms with van der Waals surface area (Å²) in [5.41, 5.74) is 3.74. The first-order chi connectivity index (χ1) is 14.0. The van der Waals surface area contributed by atoms with E-state index in [9.17, 15) is 0 Å². The zero-order chi connectivity index (χ0) is 21.2. The number of nitrogens with zero attached hydrogens (tertiary/aromatic N) is 4. The number of hydrogen-bond donors (Lipinski definition) is 2. The summed E-state index contributed by atoms with van der Waals surface area (Å²) in [7, 11) is 2.04. The fourth-order valence-electron chi connectivity index (χ4n) is 3.96. The van der Waals surface area contributed by atoms with Gasteiger partial charge in [0.1, 0.15) is 0 Å².